The van der Waals surface area contributed by atoms with Crippen molar-refractivity contribution in [2.75, 3.05) is 6.54 Å². The second kappa shape index (κ2) is 12.3. The summed E-state index contributed by atoms with van der Waals surface area (Å²) in [5, 5.41) is 12.3. The van der Waals surface area contributed by atoms with Crippen LogP contribution in [0.15, 0.2) is 47.5 Å². The van der Waals surface area contributed by atoms with E-state index in [1.165, 1.54) is 0 Å². The number of aliphatic carboxylic acids is 1. The van der Waals surface area contributed by atoms with Gasteiger partial charge in [0.15, 0.2) is 0 Å². The number of hydrogen-bond acceptors (Lipinski definition) is 4. The molecule has 0 saturated heterocycles. The normalized spacial score (nSPS) is 17.7. The number of carboxylic acid groups (broad SMARTS) is 1. The SMILES string of the molecule is CCC[C@H](c1ccc(C(=O)NCCC(=O)O)cc1)N1C(=O)C(c2cc(Cl)cc(Cl)c2)=NC12CCCCCC2. The third-order valence-corrected chi connectivity index (χ3v) is 7.72. The first-order valence-electron chi connectivity index (χ1n) is 13.2. The van der Waals surface area contributed by atoms with Crippen LogP contribution in [0.2, 0.25) is 10.0 Å². The van der Waals surface area contributed by atoms with E-state index in [9.17, 15) is 14.4 Å². The summed E-state index contributed by atoms with van der Waals surface area (Å²) in [6.45, 7) is 2.16. The minimum atomic E-state index is -0.965. The molecule has 1 aliphatic heterocycles. The number of benzene rings is 2. The van der Waals surface area contributed by atoms with Crippen molar-refractivity contribution in [1.82, 2.24) is 10.2 Å². The van der Waals surface area contributed by atoms with Gasteiger partial charge in [-0.2, -0.15) is 0 Å². The Bertz CT molecular complexity index is 1200. The van der Waals surface area contributed by atoms with Gasteiger partial charge in [0.2, 0.25) is 0 Å². The predicted octanol–water partition coefficient (Wildman–Crippen LogP) is 6.42. The summed E-state index contributed by atoms with van der Waals surface area (Å²) in [6.07, 6.45) is 7.26. The predicted molar refractivity (Wildman–Crippen MR) is 149 cm³/mol. The first-order chi connectivity index (χ1) is 18.2. The number of carbonyl (C=O) groups is 3. The average Bonchev–Trinajstić information content (AvgIpc) is 3.00. The first kappa shape index (κ1) is 28.1. The summed E-state index contributed by atoms with van der Waals surface area (Å²) in [5.74, 6) is -1.42. The highest BCUT2D eigenvalue weighted by molar-refractivity contribution is 6.47. The number of nitrogens with zero attached hydrogens (tertiary/aromatic N) is 2. The third-order valence-electron chi connectivity index (χ3n) is 7.29. The molecule has 38 heavy (non-hydrogen) atoms. The fourth-order valence-corrected chi connectivity index (χ4v) is 6.06. The molecule has 1 atom stereocenters. The molecule has 2 amide bonds. The lowest BCUT2D eigenvalue weighted by molar-refractivity contribution is -0.137. The second-order valence-corrected chi connectivity index (χ2v) is 10.9. The van der Waals surface area contributed by atoms with Gasteiger partial charge in [-0.1, -0.05) is 61.5 Å². The number of aliphatic imine (C=N–C) groups is 1. The zero-order valence-corrected chi connectivity index (χ0v) is 23.0. The summed E-state index contributed by atoms with van der Waals surface area (Å²) in [7, 11) is 0. The van der Waals surface area contributed by atoms with Crippen LogP contribution in [0, 0.1) is 0 Å². The molecule has 1 aliphatic carbocycles. The van der Waals surface area contributed by atoms with Gasteiger partial charge in [0.1, 0.15) is 11.4 Å². The monoisotopic (exact) mass is 557 g/mol. The van der Waals surface area contributed by atoms with E-state index in [1.54, 1.807) is 30.3 Å². The maximum absolute atomic E-state index is 14.1. The van der Waals surface area contributed by atoms with E-state index in [0.717, 1.165) is 56.9 Å². The molecule has 2 aromatic carbocycles. The van der Waals surface area contributed by atoms with Crippen LogP contribution in [0.1, 0.15) is 92.2 Å². The quantitative estimate of drug-likeness (QED) is 0.371. The minimum Gasteiger partial charge on any atom is -0.481 e. The van der Waals surface area contributed by atoms with Crippen molar-refractivity contribution in [3.8, 4) is 0 Å². The van der Waals surface area contributed by atoms with Crippen molar-refractivity contribution in [2.45, 2.75) is 76.4 Å². The number of carbonyl (C=O) groups excluding carboxylic acids is 2. The number of amides is 2. The topological polar surface area (TPSA) is 99.1 Å². The molecular formula is C29H33Cl2N3O4. The van der Waals surface area contributed by atoms with Crippen LogP contribution in [0.5, 0.6) is 0 Å². The van der Waals surface area contributed by atoms with Gasteiger partial charge < -0.3 is 15.3 Å². The Hall–Kier alpha value is -2.90. The van der Waals surface area contributed by atoms with E-state index < -0.39 is 11.6 Å². The molecule has 1 spiro atoms. The molecule has 0 radical (unpaired) electrons. The van der Waals surface area contributed by atoms with Crippen molar-refractivity contribution in [2.24, 2.45) is 4.99 Å². The van der Waals surface area contributed by atoms with Crippen LogP contribution in [-0.2, 0) is 9.59 Å². The highest BCUT2D eigenvalue weighted by Gasteiger charge is 2.50. The molecule has 2 aliphatic rings. The lowest BCUT2D eigenvalue weighted by Crippen LogP contribution is -2.48. The zero-order chi connectivity index (χ0) is 27.3. The molecule has 0 bridgehead atoms. The van der Waals surface area contributed by atoms with Crippen LogP contribution < -0.4 is 5.32 Å². The van der Waals surface area contributed by atoms with Crippen molar-refractivity contribution in [3.05, 3.63) is 69.2 Å². The summed E-state index contributed by atoms with van der Waals surface area (Å²) >= 11 is 12.6. The summed E-state index contributed by atoms with van der Waals surface area (Å²) in [4.78, 5) is 44.5. The molecule has 202 valence electrons. The summed E-state index contributed by atoms with van der Waals surface area (Å²) in [5.41, 5.74) is 1.77. The van der Waals surface area contributed by atoms with Crippen LogP contribution in [0.4, 0.5) is 0 Å². The van der Waals surface area contributed by atoms with Gasteiger partial charge in [-0.05, 0) is 68.0 Å². The molecule has 9 heteroatoms. The van der Waals surface area contributed by atoms with E-state index in [4.69, 9.17) is 33.3 Å². The maximum atomic E-state index is 14.1. The molecule has 1 heterocycles. The molecule has 7 nitrogen and oxygen atoms in total. The Morgan fingerprint density at radius 1 is 1.05 bits per heavy atom. The highest BCUT2D eigenvalue weighted by Crippen LogP contribution is 2.45. The van der Waals surface area contributed by atoms with Crippen LogP contribution in [0.25, 0.3) is 0 Å². The van der Waals surface area contributed by atoms with Crippen molar-refractivity contribution >= 4 is 46.7 Å². The number of rotatable bonds is 9. The van der Waals surface area contributed by atoms with Gasteiger partial charge in [-0.25, -0.2) is 0 Å². The third kappa shape index (κ3) is 6.21. The molecule has 4 rings (SSSR count). The Labute approximate surface area is 233 Å². The highest BCUT2D eigenvalue weighted by atomic mass is 35.5. The summed E-state index contributed by atoms with van der Waals surface area (Å²) in [6, 6.07) is 12.1. The van der Waals surface area contributed by atoms with Gasteiger partial charge >= 0.3 is 5.97 Å². The van der Waals surface area contributed by atoms with Crippen molar-refractivity contribution in [3.63, 3.8) is 0 Å². The fraction of sp³-hybridized carbons (Fsp3) is 0.448. The Balaban J connectivity index is 1.68. The van der Waals surface area contributed by atoms with Crippen molar-refractivity contribution < 1.29 is 19.5 Å². The van der Waals surface area contributed by atoms with E-state index in [-0.39, 0.29) is 30.8 Å². The lowest BCUT2D eigenvalue weighted by Gasteiger charge is -2.41. The van der Waals surface area contributed by atoms with E-state index >= 15 is 0 Å². The number of nitrogens with one attached hydrogen (secondary N) is 1. The number of halogens is 2. The summed E-state index contributed by atoms with van der Waals surface area (Å²) < 4.78 is 0. The van der Waals surface area contributed by atoms with Gasteiger partial charge in [-0.3, -0.25) is 19.4 Å². The average molecular weight is 559 g/mol. The standard InChI is InChI=1S/C29H33Cl2N3O4/c1-2-7-24(19-8-10-20(11-9-19)27(37)32-15-12-25(35)36)34-28(38)26(21-16-22(30)18-23(31)17-21)33-29(34)13-5-3-4-6-14-29/h8-11,16-18,24H,2-7,12-15H2,1H3,(H,32,37)(H,35,36)/t24-/m1/s1. The van der Waals surface area contributed by atoms with E-state index in [0.29, 0.717) is 26.9 Å². The molecule has 2 aromatic rings. The Kier molecular flexibility index (Phi) is 9.11. The van der Waals surface area contributed by atoms with Crippen LogP contribution >= 0.6 is 23.2 Å². The Morgan fingerprint density at radius 3 is 2.26 bits per heavy atom. The smallest absolute Gasteiger partial charge is 0.305 e. The molecule has 1 fully saturated rings. The van der Waals surface area contributed by atoms with Crippen molar-refractivity contribution in [1.29, 1.82) is 0 Å². The molecule has 0 unspecified atom stereocenters. The van der Waals surface area contributed by atoms with Gasteiger partial charge in [-0.15, -0.1) is 0 Å². The van der Waals surface area contributed by atoms with E-state index in [1.807, 2.05) is 17.0 Å². The molecule has 0 aromatic heterocycles. The Morgan fingerprint density at radius 2 is 1.68 bits per heavy atom. The first-order valence-corrected chi connectivity index (χ1v) is 14.0. The minimum absolute atomic E-state index is 0.0623. The fourth-order valence-electron chi connectivity index (χ4n) is 5.53. The van der Waals surface area contributed by atoms with Gasteiger partial charge in [0.05, 0.1) is 12.5 Å². The zero-order valence-electron chi connectivity index (χ0n) is 21.5. The number of hydrogen-bond donors (Lipinski definition) is 2. The van der Waals surface area contributed by atoms with Gasteiger partial charge in [0.25, 0.3) is 11.8 Å². The second-order valence-electron chi connectivity index (χ2n) is 10.0. The lowest BCUT2D eigenvalue weighted by atomic mass is 9.92. The molecule has 1 saturated carbocycles. The largest absolute Gasteiger partial charge is 0.481 e. The van der Waals surface area contributed by atoms with Crippen LogP contribution in [-0.4, -0.2) is 45.7 Å². The molecule has 2 N–H and O–H groups in total. The maximum Gasteiger partial charge on any atom is 0.305 e. The molecular weight excluding hydrogens is 525 g/mol. The van der Waals surface area contributed by atoms with E-state index in [2.05, 4.69) is 12.2 Å². The number of carboxylic acids is 1. The van der Waals surface area contributed by atoms with Crippen LogP contribution in [0.3, 0.4) is 0 Å². The van der Waals surface area contributed by atoms with Gasteiger partial charge in [0, 0.05) is 27.7 Å².